The number of nitrogens with zero attached hydrogens (tertiary/aromatic N) is 4. The summed E-state index contributed by atoms with van der Waals surface area (Å²) in [4.78, 5) is 31.1. The van der Waals surface area contributed by atoms with Gasteiger partial charge in [0.25, 0.3) is 5.56 Å². The van der Waals surface area contributed by atoms with E-state index >= 15 is 0 Å². The smallest absolute Gasteiger partial charge is 0.363 e. The van der Waals surface area contributed by atoms with Gasteiger partial charge in [0.15, 0.2) is 0 Å². The molecule has 45 heavy (non-hydrogen) atoms. The van der Waals surface area contributed by atoms with Gasteiger partial charge in [0.05, 0.1) is 18.7 Å². The number of hydrogen-bond donors (Lipinski definition) is 1. The number of halogens is 6. The lowest BCUT2D eigenvalue weighted by molar-refractivity contribution is -0.140. The molecule has 5 rings (SSSR count). The molecule has 0 radical (unpaired) electrons. The van der Waals surface area contributed by atoms with Gasteiger partial charge in [-0.1, -0.05) is 48.5 Å². The van der Waals surface area contributed by atoms with Crippen molar-refractivity contribution in [3.63, 3.8) is 0 Å². The summed E-state index contributed by atoms with van der Waals surface area (Å²) in [6.07, 6.45) is -4.83. The van der Waals surface area contributed by atoms with E-state index in [2.05, 4.69) is 0 Å². The summed E-state index contributed by atoms with van der Waals surface area (Å²) in [6.45, 7) is 1.71. The number of alkyl halides is 3. The number of benzene rings is 3. The average Bonchev–Trinajstić information content (AvgIpc) is 3.00. The molecule has 1 fully saturated rings. The minimum absolute atomic E-state index is 0.0786. The molecule has 2 heterocycles. The molecule has 13 heteroatoms. The second-order valence-corrected chi connectivity index (χ2v) is 11.0. The molecule has 0 spiro atoms. The molecule has 7 nitrogen and oxygen atoms in total. The third-order valence-corrected chi connectivity index (χ3v) is 8.11. The van der Waals surface area contributed by atoms with Crippen molar-refractivity contribution >= 4 is 5.69 Å². The van der Waals surface area contributed by atoms with Gasteiger partial charge in [0.1, 0.15) is 23.1 Å². The Kier molecular flexibility index (Phi) is 9.21. The van der Waals surface area contributed by atoms with Crippen LogP contribution in [-0.2, 0) is 25.8 Å². The van der Waals surface area contributed by atoms with Crippen LogP contribution >= 0.6 is 0 Å². The average molecular weight is 632 g/mol. The summed E-state index contributed by atoms with van der Waals surface area (Å²) in [5.41, 5.74) is 4.17. The second kappa shape index (κ2) is 12.9. The lowest BCUT2D eigenvalue weighted by Crippen LogP contribution is -2.51. The van der Waals surface area contributed by atoms with E-state index in [-0.39, 0.29) is 61.8 Å². The SMILES string of the molecule is Cc1c(N2CCN(Cc3cccc(C(F)(F)F)c3F)CC2)c(=O)n(CC(N)c2ccccc2)c(=O)n1Cc1c(F)cccc1F. The largest absolute Gasteiger partial charge is 0.419 e. The first-order valence-corrected chi connectivity index (χ1v) is 14.3. The Balaban J connectivity index is 1.47. The minimum Gasteiger partial charge on any atom is -0.363 e. The van der Waals surface area contributed by atoms with Gasteiger partial charge in [-0.15, -0.1) is 0 Å². The van der Waals surface area contributed by atoms with Gasteiger partial charge in [-0.05, 0) is 30.7 Å². The topological polar surface area (TPSA) is 76.5 Å². The highest BCUT2D eigenvalue weighted by Crippen LogP contribution is 2.33. The quantitative estimate of drug-likeness (QED) is 0.282. The lowest BCUT2D eigenvalue weighted by Gasteiger charge is -2.37. The molecule has 1 atom stereocenters. The van der Waals surface area contributed by atoms with Crippen LogP contribution in [0.3, 0.4) is 0 Å². The Labute approximate surface area is 254 Å². The van der Waals surface area contributed by atoms with Crippen molar-refractivity contribution in [2.75, 3.05) is 31.1 Å². The molecule has 1 aliphatic heterocycles. The number of anilines is 1. The van der Waals surface area contributed by atoms with Crippen LogP contribution in [0.4, 0.5) is 32.0 Å². The number of hydrogen-bond acceptors (Lipinski definition) is 5. The first-order valence-electron chi connectivity index (χ1n) is 14.3. The van der Waals surface area contributed by atoms with Crippen LogP contribution in [0.1, 0.15) is 34.0 Å². The summed E-state index contributed by atoms with van der Waals surface area (Å²) in [5.74, 6) is -3.03. The van der Waals surface area contributed by atoms with Gasteiger partial charge in [-0.2, -0.15) is 13.2 Å². The van der Waals surface area contributed by atoms with E-state index in [1.807, 2.05) is 0 Å². The molecule has 1 aliphatic rings. The molecule has 1 aromatic heterocycles. The fourth-order valence-corrected chi connectivity index (χ4v) is 5.63. The van der Waals surface area contributed by atoms with Crippen LogP contribution in [0.25, 0.3) is 0 Å². The molecule has 1 unspecified atom stereocenters. The third kappa shape index (κ3) is 6.69. The maximum Gasteiger partial charge on any atom is 0.419 e. The predicted molar refractivity (Wildman–Crippen MR) is 157 cm³/mol. The fourth-order valence-electron chi connectivity index (χ4n) is 5.63. The molecule has 0 saturated carbocycles. The van der Waals surface area contributed by atoms with Gasteiger partial charge in [-0.25, -0.2) is 18.0 Å². The van der Waals surface area contributed by atoms with Crippen molar-refractivity contribution in [1.82, 2.24) is 14.0 Å². The second-order valence-electron chi connectivity index (χ2n) is 11.0. The van der Waals surface area contributed by atoms with Crippen LogP contribution in [0.15, 0.2) is 76.3 Å². The summed E-state index contributed by atoms with van der Waals surface area (Å²) in [5, 5.41) is 0. The molecular weight excluding hydrogens is 600 g/mol. The molecule has 2 N–H and O–H groups in total. The molecule has 238 valence electrons. The first kappa shape index (κ1) is 32.0. The van der Waals surface area contributed by atoms with E-state index in [9.17, 15) is 35.9 Å². The van der Waals surface area contributed by atoms with Crippen LogP contribution in [0, 0.1) is 24.4 Å². The number of nitrogens with two attached hydrogens (primary N) is 1. The van der Waals surface area contributed by atoms with Gasteiger partial charge < -0.3 is 10.6 Å². The van der Waals surface area contributed by atoms with Crippen molar-refractivity contribution in [2.45, 2.75) is 38.8 Å². The number of rotatable bonds is 8. The van der Waals surface area contributed by atoms with Crippen molar-refractivity contribution in [3.05, 3.63) is 133 Å². The van der Waals surface area contributed by atoms with Gasteiger partial charge in [0.2, 0.25) is 0 Å². The molecule has 1 saturated heterocycles. The summed E-state index contributed by atoms with van der Waals surface area (Å²) in [7, 11) is 0. The Morgan fingerprint density at radius 3 is 2.04 bits per heavy atom. The monoisotopic (exact) mass is 631 g/mol. The highest BCUT2D eigenvalue weighted by atomic mass is 19.4. The fraction of sp³-hybridized carbons (Fsp3) is 0.312. The van der Waals surface area contributed by atoms with Crippen molar-refractivity contribution in [2.24, 2.45) is 5.73 Å². The summed E-state index contributed by atoms with van der Waals surface area (Å²) >= 11 is 0. The normalized spacial score (nSPS) is 15.0. The number of piperazine rings is 1. The zero-order chi connectivity index (χ0) is 32.5. The maximum atomic E-state index is 14.7. The van der Waals surface area contributed by atoms with E-state index in [0.717, 1.165) is 27.3 Å². The predicted octanol–water partition coefficient (Wildman–Crippen LogP) is 4.83. The molecule has 0 amide bonds. The molecular formula is C32H31F6N5O2. The highest BCUT2D eigenvalue weighted by molar-refractivity contribution is 5.50. The zero-order valence-electron chi connectivity index (χ0n) is 24.3. The van der Waals surface area contributed by atoms with E-state index < -0.39 is 53.0 Å². The summed E-state index contributed by atoms with van der Waals surface area (Å²) in [6, 6.07) is 14.6. The Hall–Kier alpha value is -4.36. The van der Waals surface area contributed by atoms with Gasteiger partial charge in [-0.3, -0.25) is 18.8 Å². The standard InChI is InChI=1S/C32H31F6N5O2/c1-20-29(41-15-13-40(14-16-41)17-22-9-5-10-24(28(22)35)32(36,37)38)30(44)43(19-27(39)21-7-3-2-4-8-21)31(45)42(20)18-23-25(33)11-6-12-26(23)34/h2-12,27H,13-19,39H2,1H3. The van der Waals surface area contributed by atoms with Crippen molar-refractivity contribution in [1.29, 1.82) is 0 Å². The Morgan fingerprint density at radius 2 is 1.42 bits per heavy atom. The molecule has 0 aliphatic carbocycles. The Morgan fingerprint density at radius 1 is 0.800 bits per heavy atom. The van der Waals surface area contributed by atoms with E-state index in [0.29, 0.717) is 11.6 Å². The van der Waals surface area contributed by atoms with Crippen molar-refractivity contribution < 1.29 is 26.3 Å². The molecule has 4 aromatic rings. The van der Waals surface area contributed by atoms with E-state index in [1.54, 1.807) is 40.1 Å². The van der Waals surface area contributed by atoms with Crippen LogP contribution in [-0.4, -0.2) is 40.2 Å². The number of aromatic nitrogens is 2. The maximum absolute atomic E-state index is 14.7. The lowest BCUT2D eigenvalue weighted by atomic mass is 10.1. The van der Waals surface area contributed by atoms with Crippen LogP contribution < -0.4 is 21.9 Å². The highest BCUT2D eigenvalue weighted by Gasteiger charge is 2.35. The van der Waals surface area contributed by atoms with E-state index in [4.69, 9.17) is 5.73 Å². The van der Waals surface area contributed by atoms with Crippen molar-refractivity contribution in [3.8, 4) is 0 Å². The van der Waals surface area contributed by atoms with Gasteiger partial charge in [0, 0.05) is 55.6 Å². The minimum atomic E-state index is -4.83. The van der Waals surface area contributed by atoms with Crippen LogP contribution in [0.5, 0.6) is 0 Å². The summed E-state index contributed by atoms with van der Waals surface area (Å²) < 4.78 is 85.7. The molecule has 3 aromatic carbocycles. The zero-order valence-corrected chi connectivity index (χ0v) is 24.3. The van der Waals surface area contributed by atoms with Crippen LogP contribution in [0.2, 0.25) is 0 Å². The van der Waals surface area contributed by atoms with Gasteiger partial charge >= 0.3 is 11.9 Å². The Bertz CT molecular complexity index is 1780. The third-order valence-electron chi connectivity index (χ3n) is 8.11. The van der Waals surface area contributed by atoms with E-state index in [1.165, 1.54) is 19.1 Å². The first-order chi connectivity index (χ1) is 21.4. The molecule has 0 bridgehead atoms.